The minimum Gasteiger partial charge on any atom is -0.746 e. The maximum atomic E-state index is 12.4. The first-order chi connectivity index (χ1) is 10.9. The molecule has 0 amide bonds. The molecule has 0 fully saturated rings. The maximum absolute atomic E-state index is 12.4. The van der Waals surface area contributed by atoms with Crippen molar-refractivity contribution >= 4 is 49.2 Å². The van der Waals surface area contributed by atoms with Gasteiger partial charge in [0.05, 0.1) is 5.03 Å². The van der Waals surface area contributed by atoms with Gasteiger partial charge in [-0.2, -0.15) is 0 Å². The van der Waals surface area contributed by atoms with Gasteiger partial charge < -0.3 is 9.11 Å². The van der Waals surface area contributed by atoms with E-state index < -0.39 is 41.6 Å². The van der Waals surface area contributed by atoms with Crippen LogP contribution in [-0.2, 0) is 20.2 Å². The van der Waals surface area contributed by atoms with Gasteiger partial charge in [-0.15, -0.1) is 0 Å². The van der Waals surface area contributed by atoms with Crippen LogP contribution in [0, 0.1) is 0 Å². The summed E-state index contributed by atoms with van der Waals surface area (Å²) < 4.78 is 65.5. The summed E-state index contributed by atoms with van der Waals surface area (Å²) in [6.45, 7) is 0. The van der Waals surface area contributed by atoms with E-state index in [2.05, 4.69) is 0 Å². The van der Waals surface area contributed by atoms with E-state index in [1.807, 2.05) is 0 Å². The van der Waals surface area contributed by atoms with Crippen molar-refractivity contribution in [3.05, 3.63) is 57.6 Å². The standard InChI is InChI=1S/C13H10Cl2O7S2.2Na/c14-10-4-1-8(2-5-10)12(16)9-3-6-11(15)13(7-9,23(17,18)19)24(20,21)22;;/h1-6H,7H2,(H,17,18,19)(H,20,21,22);;/q;2*+1/p-2. The zero-order chi connectivity index (χ0) is 18.3. The van der Waals surface area contributed by atoms with Crippen LogP contribution < -0.4 is 59.1 Å². The van der Waals surface area contributed by atoms with Crippen LogP contribution in [0.5, 0.6) is 0 Å². The summed E-state index contributed by atoms with van der Waals surface area (Å²) >= 11 is 11.3. The number of rotatable bonds is 4. The van der Waals surface area contributed by atoms with Gasteiger partial charge in [0.1, 0.15) is 20.2 Å². The van der Waals surface area contributed by atoms with Crippen LogP contribution in [0.25, 0.3) is 0 Å². The Labute approximate surface area is 204 Å². The molecule has 0 saturated carbocycles. The van der Waals surface area contributed by atoms with Gasteiger partial charge in [-0.05, 0) is 30.3 Å². The van der Waals surface area contributed by atoms with Crippen LogP contribution in [0.2, 0.25) is 5.02 Å². The molecule has 0 atom stereocenters. The average molecular weight is 457 g/mol. The van der Waals surface area contributed by atoms with Crippen LogP contribution in [0.1, 0.15) is 16.8 Å². The minimum absolute atomic E-state index is 0. The van der Waals surface area contributed by atoms with E-state index in [4.69, 9.17) is 23.2 Å². The van der Waals surface area contributed by atoms with E-state index in [1.54, 1.807) is 0 Å². The molecule has 0 radical (unpaired) electrons. The smallest absolute Gasteiger partial charge is 0.746 e. The molecule has 0 spiro atoms. The van der Waals surface area contributed by atoms with Crippen molar-refractivity contribution in [3.8, 4) is 0 Å². The number of hydrogen-bond acceptors (Lipinski definition) is 7. The molecular formula is C13H8Cl2Na2O7S2. The quantitative estimate of drug-likeness (QED) is 0.254. The Hall–Kier alpha value is 0.770. The van der Waals surface area contributed by atoms with Crippen molar-refractivity contribution in [2.75, 3.05) is 0 Å². The number of hydrogen-bond donors (Lipinski definition) is 0. The second-order valence-corrected chi connectivity index (χ2v) is 9.19. The predicted molar refractivity (Wildman–Crippen MR) is 84.5 cm³/mol. The van der Waals surface area contributed by atoms with Gasteiger partial charge in [-0.1, -0.05) is 29.3 Å². The van der Waals surface area contributed by atoms with Crippen LogP contribution in [0.4, 0.5) is 0 Å². The summed E-state index contributed by atoms with van der Waals surface area (Å²) in [6, 6.07) is 5.43. The summed E-state index contributed by atoms with van der Waals surface area (Å²) in [5.74, 6) is -0.760. The Morgan fingerprint density at radius 3 is 1.81 bits per heavy atom. The largest absolute Gasteiger partial charge is 1.00 e. The molecule has 130 valence electrons. The maximum Gasteiger partial charge on any atom is 1.00 e. The number of benzene rings is 1. The number of carbonyl (C=O) groups excluding carboxylic acids is 1. The fourth-order valence-corrected chi connectivity index (χ4v) is 5.28. The monoisotopic (exact) mass is 456 g/mol. The first-order valence-electron chi connectivity index (χ1n) is 6.18. The molecule has 1 aromatic rings. The Bertz CT molecular complexity index is 936. The third kappa shape index (κ3) is 5.03. The summed E-state index contributed by atoms with van der Waals surface area (Å²) in [5.41, 5.74) is -0.293. The molecule has 0 bridgehead atoms. The van der Waals surface area contributed by atoms with Gasteiger partial charge in [0.25, 0.3) is 0 Å². The summed E-state index contributed by atoms with van der Waals surface area (Å²) in [6.07, 6.45) is 0.647. The van der Waals surface area contributed by atoms with Crippen molar-refractivity contribution in [3.63, 3.8) is 0 Å². The van der Waals surface area contributed by atoms with Gasteiger partial charge in [-0.25, -0.2) is 16.8 Å². The molecule has 2 rings (SSSR count). The van der Waals surface area contributed by atoms with Gasteiger partial charge >= 0.3 is 59.1 Å². The van der Waals surface area contributed by atoms with E-state index in [9.17, 15) is 30.7 Å². The Morgan fingerprint density at radius 1 is 0.923 bits per heavy atom. The zero-order valence-corrected chi connectivity index (χ0v) is 20.7. The van der Waals surface area contributed by atoms with E-state index in [1.165, 1.54) is 24.3 Å². The van der Waals surface area contributed by atoms with E-state index in [-0.39, 0.29) is 70.3 Å². The van der Waals surface area contributed by atoms with Crippen molar-refractivity contribution < 1.29 is 89.9 Å². The molecule has 1 aliphatic carbocycles. The van der Waals surface area contributed by atoms with Crippen LogP contribution in [0.15, 0.2) is 47.0 Å². The average Bonchev–Trinajstić information content (AvgIpc) is 2.45. The molecule has 7 nitrogen and oxygen atoms in total. The van der Waals surface area contributed by atoms with E-state index >= 15 is 0 Å². The van der Waals surface area contributed by atoms with Crippen LogP contribution in [0.3, 0.4) is 0 Å². The summed E-state index contributed by atoms with van der Waals surface area (Å²) in [5, 5.41) is -0.633. The molecule has 0 aliphatic heterocycles. The van der Waals surface area contributed by atoms with Crippen molar-refractivity contribution in [2.45, 2.75) is 10.5 Å². The third-order valence-electron chi connectivity index (χ3n) is 3.42. The number of carbonyl (C=O) groups is 1. The van der Waals surface area contributed by atoms with Crippen molar-refractivity contribution in [1.29, 1.82) is 0 Å². The molecule has 1 aromatic carbocycles. The fraction of sp³-hybridized carbons (Fsp3) is 0.154. The molecule has 0 saturated heterocycles. The zero-order valence-electron chi connectivity index (χ0n) is 13.6. The Balaban J connectivity index is 0.00000312. The normalized spacial score (nSPS) is 16.5. The summed E-state index contributed by atoms with van der Waals surface area (Å²) in [7, 11) is -11.4. The SMILES string of the molecule is O=C(C1=CC=C(Cl)C(S(=O)(=O)[O-])(S(=O)(=O)[O-])C1)c1ccc(Cl)cc1.[Na+].[Na+]. The van der Waals surface area contributed by atoms with Gasteiger partial charge in [0.15, 0.2) is 9.86 Å². The van der Waals surface area contributed by atoms with Crippen LogP contribution in [-0.4, -0.2) is 35.8 Å². The number of halogens is 2. The molecule has 0 aromatic heterocycles. The second kappa shape index (κ2) is 9.51. The van der Waals surface area contributed by atoms with E-state index in [0.717, 1.165) is 12.2 Å². The van der Waals surface area contributed by atoms with Crippen LogP contribution >= 0.6 is 23.2 Å². The first-order valence-corrected chi connectivity index (χ1v) is 9.75. The third-order valence-corrected chi connectivity index (χ3v) is 7.92. The van der Waals surface area contributed by atoms with Crippen molar-refractivity contribution in [1.82, 2.24) is 0 Å². The first kappa shape index (κ1) is 26.8. The molecule has 0 N–H and O–H groups in total. The summed E-state index contributed by atoms with van der Waals surface area (Å²) in [4.78, 5) is 12.4. The van der Waals surface area contributed by atoms with Crippen molar-refractivity contribution in [2.24, 2.45) is 0 Å². The minimum atomic E-state index is -5.71. The number of Topliss-reactive ketones (excluding diaryl/α,β-unsaturated/α-hetero) is 1. The molecule has 0 unspecified atom stereocenters. The van der Waals surface area contributed by atoms with E-state index in [0.29, 0.717) is 5.02 Å². The topological polar surface area (TPSA) is 131 Å². The molecule has 0 heterocycles. The fourth-order valence-electron chi connectivity index (χ4n) is 2.18. The molecule has 26 heavy (non-hydrogen) atoms. The second-order valence-electron chi connectivity index (χ2n) is 4.88. The molecule has 13 heteroatoms. The Morgan fingerprint density at radius 2 is 1.38 bits per heavy atom. The predicted octanol–water partition coefficient (Wildman–Crippen LogP) is -4.23. The van der Waals surface area contributed by atoms with Gasteiger partial charge in [0.2, 0.25) is 0 Å². The number of allylic oxidation sites excluding steroid dienone is 3. The molecular weight excluding hydrogens is 449 g/mol. The van der Waals surface area contributed by atoms with Gasteiger partial charge in [0, 0.05) is 22.6 Å². The van der Waals surface area contributed by atoms with Gasteiger partial charge in [-0.3, -0.25) is 4.79 Å². The number of ketones is 1. The molecule has 1 aliphatic rings. The Kier molecular flexibility index (Phi) is 9.79.